The first-order valence-electron chi connectivity index (χ1n) is 6.80. The first kappa shape index (κ1) is 15.7. The number of benzene rings is 2. The zero-order valence-electron chi connectivity index (χ0n) is 12.0. The summed E-state index contributed by atoms with van der Waals surface area (Å²) in [5.74, 6) is 1.49. The third-order valence-electron chi connectivity index (χ3n) is 2.98. The van der Waals surface area contributed by atoms with E-state index in [0.717, 1.165) is 10.5 Å². The number of hydrogen-bond donors (Lipinski definition) is 1. The number of ether oxygens (including phenoxy) is 2. The molecule has 0 saturated heterocycles. The Hall–Kier alpha value is -2.18. The van der Waals surface area contributed by atoms with Gasteiger partial charge in [0, 0.05) is 9.92 Å². The first-order chi connectivity index (χ1) is 11.2. The van der Waals surface area contributed by atoms with Gasteiger partial charge in [0.15, 0.2) is 11.5 Å². The molecule has 2 aromatic carbocycles. The maximum atomic E-state index is 11.7. The minimum Gasteiger partial charge on any atom is -0.454 e. The van der Waals surface area contributed by atoms with E-state index in [2.05, 4.69) is 10.5 Å². The highest BCUT2D eigenvalue weighted by Gasteiger charge is 2.12. The van der Waals surface area contributed by atoms with Crippen LogP contribution in [0.25, 0.3) is 0 Å². The molecule has 0 bridgehead atoms. The number of thioether (sulfide) groups is 1. The van der Waals surface area contributed by atoms with Crippen LogP contribution < -0.4 is 14.9 Å². The largest absolute Gasteiger partial charge is 0.454 e. The number of halogens is 1. The molecule has 23 heavy (non-hydrogen) atoms. The lowest BCUT2D eigenvalue weighted by Gasteiger charge is -2.01. The van der Waals surface area contributed by atoms with E-state index in [1.54, 1.807) is 24.4 Å². The molecule has 0 spiro atoms. The maximum Gasteiger partial charge on any atom is 0.250 e. The molecule has 0 atom stereocenters. The number of hydrogen-bond acceptors (Lipinski definition) is 5. The van der Waals surface area contributed by atoms with Crippen LogP contribution in [0.2, 0.25) is 5.02 Å². The SMILES string of the molecule is O=C(CSc1ccc(Cl)cc1)N/N=C\c1ccc2c(c1)OCO2. The Morgan fingerprint density at radius 3 is 2.83 bits per heavy atom. The van der Waals surface area contributed by atoms with Crippen LogP contribution in [0.4, 0.5) is 0 Å². The van der Waals surface area contributed by atoms with Gasteiger partial charge in [-0.25, -0.2) is 5.43 Å². The second kappa shape index (κ2) is 7.39. The van der Waals surface area contributed by atoms with Crippen molar-refractivity contribution >= 4 is 35.5 Å². The number of nitrogens with one attached hydrogen (secondary N) is 1. The van der Waals surface area contributed by atoms with Gasteiger partial charge in [0.05, 0.1) is 12.0 Å². The van der Waals surface area contributed by atoms with Gasteiger partial charge in [0.1, 0.15) is 0 Å². The van der Waals surface area contributed by atoms with Crippen LogP contribution in [0.15, 0.2) is 52.5 Å². The number of amides is 1. The van der Waals surface area contributed by atoms with Crippen molar-refractivity contribution in [3.8, 4) is 11.5 Å². The third-order valence-corrected chi connectivity index (χ3v) is 4.25. The summed E-state index contributed by atoms with van der Waals surface area (Å²) >= 11 is 7.23. The number of hydrazone groups is 1. The highest BCUT2D eigenvalue weighted by Crippen LogP contribution is 2.31. The maximum absolute atomic E-state index is 11.7. The zero-order chi connectivity index (χ0) is 16.1. The minimum absolute atomic E-state index is 0.179. The summed E-state index contributed by atoms with van der Waals surface area (Å²) in [5.41, 5.74) is 3.31. The fourth-order valence-corrected chi connectivity index (χ4v) is 2.70. The van der Waals surface area contributed by atoms with Gasteiger partial charge in [-0.05, 0) is 48.0 Å². The molecule has 0 unspecified atom stereocenters. The van der Waals surface area contributed by atoms with E-state index in [1.807, 2.05) is 24.3 Å². The Bertz CT molecular complexity index is 735. The number of carbonyl (C=O) groups is 1. The molecule has 0 saturated carbocycles. The summed E-state index contributed by atoms with van der Waals surface area (Å²) in [6.45, 7) is 0.231. The van der Waals surface area contributed by atoms with E-state index in [4.69, 9.17) is 21.1 Å². The summed E-state index contributed by atoms with van der Waals surface area (Å²) in [4.78, 5) is 12.7. The summed E-state index contributed by atoms with van der Waals surface area (Å²) in [6.07, 6.45) is 1.56. The molecule has 0 radical (unpaired) electrons. The predicted molar refractivity (Wildman–Crippen MR) is 90.5 cm³/mol. The van der Waals surface area contributed by atoms with E-state index in [9.17, 15) is 4.79 Å². The van der Waals surface area contributed by atoms with E-state index >= 15 is 0 Å². The number of fused-ring (bicyclic) bond motifs is 1. The van der Waals surface area contributed by atoms with Gasteiger partial charge in [0.25, 0.3) is 0 Å². The standard InChI is InChI=1S/C16H13ClN2O3S/c17-12-2-4-13(5-3-12)23-9-16(20)19-18-8-11-1-6-14-15(7-11)22-10-21-14/h1-8H,9-10H2,(H,19,20)/b18-8-. The van der Waals surface area contributed by atoms with Crippen molar-refractivity contribution < 1.29 is 14.3 Å². The molecule has 1 amide bonds. The Balaban J connectivity index is 1.47. The molecular formula is C16H13ClN2O3S. The van der Waals surface area contributed by atoms with Gasteiger partial charge in [0.2, 0.25) is 12.7 Å². The Labute approximate surface area is 142 Å². The van der Waals surface area contributed by atoms with Gasteiger partial charge in [-0.2, -0.15) is 5.10 Å². The second-order valence-electron chi connectivity index (χ2n) is 4.65. The van der Waals surface area contributed by atoms with Crippen molar-refractivity contribution in [3.05, 3.63) is 53.1 Å². The summed E-state index contributed by atoms with van der Waals surface area (Å²) in [7, 11) is 0. The number of nitrogens with zero attached hydrogens (tertiary/aromatic N) is 1. The van der Waals surface area contributed by atoms with E-state index in [-0.39, 0.29) is 18.5 Å². The summed E-state index contributed by atoms with van der Waals surface area (Å²) in [6, 6.07) is 12.8. The second-order valence-corrected chi connectivity index (χ2v) is 6.13. The van der Waals surface area contributed by atoms with Gasteiger partial charge in [-0.3, -0.25) is 4.79 Å². The molecule has 0 aliphatic carbocycles. The fraction of sp³-hybridized carbons (Fsp3) is 0.125. The van der Waals surface area contributed by atoms with Crippen molar-refractivity contribution in [3.63, 3.8) is 0 Å². The molecule has 0 fully saturated rings. The van der Waals surface area contributed by atoms with Crippen molar-refractivity contribution in [2.24, 2.45) is 5.10 Å². The van der Waals surface area contributed by atoms with Crippen LogP contribution in [0.3, 0.4) is 0 Å². The quantitative estimate of drug-likeness (QED) is 0.511. The predicted octanol–water partition coefficient (Wildman–Crippen LogP) is 3.31. The first-order valence-corrected chi connectivity index (χ1v) is 8.17. The highest BCUT2D eigenvalue weighted by atomic mass is 35.5. The molecule has 1 heterocycles. The van der Waals surface area contributed by atoms with Crippen LogP contribution in [-0.2, 0) is 4.79 Å². The topological polar surface area (TPSA) is 59.9 Å². The monoisotopic (exact) mass is 348 g/mol. The molecule has 1 aliphatic heterocycles. The molecule has 2 aromatic rings. The molecular weight excluding hydrogens is 336 g/mol. The van der Waals surface area contributed by atoms with Crippen molar-refractivity contribution in [1.82, 2.24) is 5.43 Å². The molecule has 7 heteroatoms. The molecule has 3 rings (SSSR count). The third kappa shape index (κ3) is 4.40. The average molecular weight is 349 g/mol. The summed E-state index contributed by atoms with van der Waals surface area (Å²) in [5, 5.41) is 4.61. The minimum atomic E-state index is -0.179. The van der Waals surface area contributed by atoms with Crippen LogP contribution in [0.5, 0.6) is 11.5 Å². The Kier molecular flexibility index (Phi) is 5.05. The van der Waals surface area contributed by atoms with Crippen molar-refractivity contribution in [1.29, 1.82) is 0 Å². The number of rotatable bonds is 5. The zero-order valence-corrected chi connectivity index (χ0v) is 13.6. The molecule has 5 nitrogen and oxygen atoms in total. The Morgan fingerprint density at radius 2 is 2.00 bits per heavy atom. The van der Waals surface area contributed by atoms with Gasteiger partial charge >= 0.3 is 0 Å². The lowest BCUT2D eigenvalue weighted by molar-refractivity contribution is -0.118. The van der Waals surface area contributed by atoms with E-state index in [0.29, 0.717) is 16.5 Å². The lowest BCUT2D eigenvalue weighted by Crippen LogP contribution is -2.19. The van der Waals surface area contributed by atoms with Crippen LogP contribution in [-0.4, -0.2) is 24.7 Å². The average Bonchev–Trinajstić information content (AvgIpc) is 3.02. The van der Waals surface area contributed by atoms with Gasteiger partial charge in [-0.1, -0.05) is 11.6 Å². The lowest BCUT2D eigenvalue weighted by atomic mass is 10.2. The van der Waals surface area contributed by atoms with Crippen molar-refractivity contribution in [2.75, 3.05) is 12.5 Å². The van der Waals surface area contributed by atoms with E-state index < -0.39 is 0 Å². The van der Waals surface area contributed by atoms with Gasteiger partial charge in [-0.15, -0.1) is 11.8 Å². The molecule has 1 N–H and O–H groups in total. The Morgan fingerprint density at radius 1 is 1.22 bits per heavy atom. The van der Waals surface area contributed by atoms with E-state index in [1.165, 1.54) is 11.8 Å². The molecule has 118 valence electrons. The number of carbonyl (C=O) groups excluding carboxylic acids is 1. The van der Waals surface area contributed by atoms with Gasteiger partial charge < -0.3 is 9.47 Å². The smallest absolute Gasteiger partial charge is 0.250 e. The highest BCUT2D eigenvalue weighted by molar-refractivity contribution is 8.00. The molecule has 1 aliphatic rings. The van der Waals surface area contributed by atoms with Crippen LogP contribution in [0.1, 0.15) is 5.56 Å². The van der Waals surface area contributed by atoms with Crippen LogP contribution >= 0.6 is 23.4 Å². The summed E-state index contributed by atoms with van der Waals surface area (Å²) < 4.78 is 10.5. The molecule has 0 aromatic heterocycles. The normalized spacial score (nSPS) is 12.6. The van der Waals surface area contributed by atoms with Crippen LogP contribution in [0, 0.1) is 0 Å². The fourth-order valence-electron chi connectivity index (χ4n) is 1.88. The van der Waals surface area contributed by atoms with Crippen molar-refractivity contribution in [2.45, 2.75) is 4.90 Å².